The van der Waals surface area contributed by atoms with Gasteiger partial charge in [-0.2, -0.15) is 9.78 Å². The van der Waals surface area contributed by atoms with Crippen molar-refractivity contribution in [3.8, 4) is 5.69 Å². The second-order valence-corrected chi connectivity index (χ2v) is 8.25. The van der Waals surface area contributed by atoms with Gasteiger partial charge >= 0.3 is 0 Å². The Balaban J connectivity index is 1.36. The predicted molar refractivity (Wildman–Crippen MR) is 120 cm³/mol. The molecule has 0 radical (unpaired) electrons. The fraction of sp³-hybridized carbons (Fsp3) is 0.238. The standard InChI is InChI=1S/C21H20ClN5O3S/c22-19-16(13-24-27(21(19)30)15-5-2-1-3-6-15)25-8-10-26(11-9-25)18(28)14-23-20(29)17-7-4-12-31-17/h1-7,12-13H,8-11,14H2,(H,23,29). The minimum atomic E-state index is -0.389. The monoisotopic (exact) mass is 457 g/mol. The number of piperazine rings is 1. The molecule has 3 aromatic rings. The second-order valence-electron chi connectivity index (χ2n) is 6.92. The molecule has 2 aromatic heterocycles. The maximum Gasteiger partial charge on any atom is 0.292 e. The summed E-state index contributed by atoms with van der Waals surface area (Å²) in [5, 5.41) is 8.83. The van der Waals surface area contributed by atoms with Gasteiger partial charge in [-0.25, -0.2) is 0 Å². The molecule has 0 atom stereocenters. The van der Waals surface area contributed by atoms with Gasteiger partial charge in [-0.1, -0.05) is 35.9 Å². The Morgan fingerprint density at radius 2 is 1.81 bits per heavy atom. The molecule has 1 aliphatic heterocycles. The van der Waals surface area contributed by atoms with Crippen LogP contribution in [-0.4, -0.2) is 59.2 Å². The molecule has 31 heavy (non-hydrogen) atoms. The third kappa shape index (κ3) is 4.62. The molecule has 2 amide bonds. The summed E-state index contributed by atoms with van der Waals surface area (Å²) < 4.78 is 1.27. The summed E-state index contributed by atoms with van der Waals surface area (Å²) in [6, 6.07) is 12.6. The van der Waals surface area contributed by atoms with Crippen LogP contribution in [0.15, 0.2) is 58.8 Å². The van der Waals surface area contributed by atoms with E-state index in [1.54, 1.807) is 35.4 Å². The quantitative estimate of drug-likeness (QED) is 0.633. The number of para-hydroxylation sites is 1. The maximum atomic E-state index is 12.7. The van der Waals surface area contributed by atoms with E-state index in [0.717, 1.165) is 0 Å². The van der Waals surface area contributed by atoms with Gasteiger partial charge in [0.05, 0.1) is 29.0 Å². The summed E-state index contributed by atoms with van der Waals surface area (Å²) in [4.78, 5) is 41.3. The Bertz CT molecular complexity index is 1130. The van der Waals surface area contributed by atoms with Crippen LogP contribution in [0.2, 0.25) is 5.02 Å². The number of anilines is 1. The fourth-order valence-corrected chi connectivity index (χ4v) is 4.25. The van der Waals surface area contributed by atoms with Crippen LogP contribution in [0.25, 0.3) is 5.69 Å². The molecule has 3 heterocycles. The first-order chi connectivity index (χ1) is 15.0. The molecule has 0 unspecified atom stereocenters. The van der Waals surface area contributed by atoms with Crippen molar-refractivity contribution in [3.63, 3.8) is 0 Å². The van der Waals surface area contributed by atoms with Crippen LogP contribution in [-0.2, 0) is 4.79 Å². The zero-order valence-corrected chi connectivity index (χ0v) is 18.1. The molecule has 0 bridgehead atoms. The van der Waals surface area contributed by atoms with Gasteiger partial charge in [-0.15, -0.1) is 11.3 Å². The lowest BCUT2D eigenvalue weighted by molar-refractivity contribution is -0.130. The first kappa shape index (κ1) is 21.1. The number of thiophene rings is 1. The van der Waals surface area contributed by atoms with E-state index in [4.69, 9.17) is 11.6 Å². The van der Waals surface area contributed by atoms with E-state index in [1.807, 2.05) is 28.5 Å². The highest BCUT2D eigenvalue weighted by atomic mass is 35.5. The Kier molecular flexibility index (Phi) is 6.34. The largest absolute Gasteiger partial charge is 0.365 e. The lowest BCUT2D eigenvalue weighted by atomic mass is 10.2. The fourth-order valence-electron chi connectivity index (χ4n) is 3.36. The first-order valence-corrected chi connectivity index (χ1v) is 11.0. The molecule has 1 fully saturated rings. The molecular formula is C21H20ClN5O3S. The van der Waals surface area contributed by atoms with Crippen molar-refractivity contribution < 1.29 is 9.59 Å². The number of aromatic nitrogens is 2. The molecule has 10 heteroatoms. The number of carbonyl (C=O) groups excluding carboxylic acids is 2. The van der Waals surface area contributed by atoms with Crippen LogP contribution >= 0.6 is 22.9 Å². The molecule has 0 spiro atoms. The summed E-state index contributed by atoms with van der Waals surface area (Å²) >= 11 is 7.70. The lowest BCUT2D eigenvalue weighted by Crippen LogP contribution is -2.51. The molecule has 1 aromatic carbocycles. The van der Waals surface area contributed by atoms with E-state index in [1.165, 1.54) is 16.0 Å². The summed E-state index contributed by atoms with van der Waals surface area (Å²) in [7, 11) is 0. The minimum Gasteiger partial charge on any atom is -0.365 e. The normalized spacial score (nSPS) is 13.8. The highest BCUT2D eigenvalue weighted by molar-refractivity contribution is 7.12. The topological polar surface area (TPSA) is 87.5 Å². The third-order valence-electron chi connectivity index (χ3n) is 5.02. The van der Waals surface area contributed by atoms with Crippen molar-refractivity contribution in [1.29, 1.82) is 0 Å². The number of benzene rings is 1. The highest BCUT2D eigenvalue weighted by Crippen LogP contribution is 2.23. The third-order valence-corrected chi connectivity index (χ3v) is 6.24. The van der Waals surface area contributed by atoms with E-state index in [0.29, 0.717) is 42.4 Å². The maximum absolute atomic E-state index is 12.7. The molecular weight excluding hydrogens is 438 g/mol. The van der Waals surface area contributed by atoms with Crippen LogP contribution in [0.1, 0.15) is 9.67 Å². The summed E-state index contributed by atoms with van der Waals surface area (Å²) in [6.45, 7) is 1.91. The van der Waals surface area contributed by atoms with Crippen molar-refractivity contribution in [2.24, 2.45) is 0 Å². The van der Waals surface area contributed by atoms with E-state index >= 15 is 0 Å². The zero-order valence-electron chi connectivity index (χ0n) is 16.5. The van der Waals surface area contributed by atoms with Gasteiger partial charge in [-0.05, 0) is 23.6 Å². The molecule has 1 N–H and O–H groups in total. The summed E-state index contributed by atoms with van der Waals surface area (Å²) in [6.07, 6.45) is 1.58. The molecule has 4 rings (SSSR count). The van der Waals surface area contributed by atoms with E-state index in [9.17, 15) is 14.4 Å². The van der Waals surface area contributed by atoms with E-state index < -0.39 is 0 Å². The number of nitrogens with zero attached hydrogens (tertiary/aromatic N) is 4. The zero-order chi connectivity index (χ0) is 21.8. The summed E-state index contributed by atoms with van der Waals surface area (Å²) in [5.41, 5.74) is 0.804. The average molecular weight is 458 g/mol. The average Bonchev–Trinajstić information content (AvgIpc) is 3.35. The van der Waals surface area contributed by atoms with Crippen molar-refractivity contribution in [2.75, 3.05) is 37.6 Å². The van der Waals surface area contributed by atoms with Gasteiger partial charge in [0.1, 0.15) is 5.02 Å². The van der Waals surface area contributed by atoms with Crippen LogP contribution in [0.4, 0.5) is 5.69 Å². The Morgan fingerprint density at radius 1 is 1.06 bits per heavy atom. The number of halogens is 1. The van der Waals surface area contributed by atoms with Gasteiger partial charge in [0, 0.05) is 26.2 Å². The molecule has 1 aliphatic rings. The Morgan fingerprint density at radius 3 is 2.48 bits per heavy atom. The molecule has 8 nitrogen and oxygen atoms in total. The van der Waals surface area contributed by atoms with Gasteiger partial charge in [0.25, 0.3) is 11.5 Å². The SMILES string of the molecule is O=C(NCC(=O)N1CCN(c2cnn(-c3ccccc3)c(=O)c2Cl)CC1)c1cccs1. The lowest BCUT2D eigenvalue weighted by Gasteiger charge is -2.36. The van der Waals surface area contributed by atoms with E-state index in [-0.39, 0.29) is 28.9 Å². The van der Waals surface area contributed by atoms with Crippen molar-refractivity contribution in [3.05, 3.63) is 74.3 Å². The number of hydrogen-bond donors (Lipinski definition) is 1. The molecule has 0 saturated carbocycles. The van der Waals surface area contributed by atoms with Crippen LogP contribution < -0.4 is 15.8 Å². The summed E-state index contributed by atoms with van der Waals surface area (Å²) in [5.74, 6) is -0.396. The van der Waals surface area contributed by atoms with Gasteiger partial charge in [0.15, 0.2) is 0 Å². The number of nitrogens with one attached hydrogen (secondary N) is 1. The van der Waals surface area contributed by atoms with E-state index in [2.05, 4.69) is 10.4 Å². The van der Waals surface area contributed by atoms with Crippen molar-refractivity contribution >= 4 is 40.4 Å². The van der Waals surface area contributed by atoms with Crippen LogP contribution in [0.3, 0.4) is 0 Å². The Labute approximate surface area is 187 Å². The van der Waals surface area contributed by atoms with Crippen LogP contribution in [0, 0.1) is 0 Å². The predicted octanol–water partition coefficient (Wildman–Crippen LogP) is 2.03. The molecule has 160 valence electrons. The number of carbonyl (C=O) groups is 2. The van der Waals surface area contributed by atoms with Crippen LogP contribution in [0.5, 0.6) is 0 Å². The Hall–Kier alpha value is -3.17. The molecule has 0 aliphatic carbocycles. The highest BCUT2D eigenvalue weighted by Gasteiger charge is 2.24. The number of rotatable bonds is 5. The first-order valence-electron chi connectivity index (χ1n) is 9.72. The number of amides is 2. The van der Waals surface area contributed by atoms with Gasteiger partial charge < -0.3 is 15.1 Å². The number of hydrogen-bond acceptors (Lipinski definition) is 6. The van der Waals surface area contributed by atoms with Gasteiger partial charge in [-0.3, -0.25) is 14.4 Å². The van der Waals surface area contributed by atoms with Crippen molar-refractivity contribution in [1.82, 2.24) is 20.0 Å². The molecule has 1 saturated heterocycles. The smallest absolute Gasteiger partial charge is 0.292 e. The second kappa shape index (κ2) is 9.32. The van der Waals surface area contributed by atoms with Gasteiger partial charge in [0.2, 0.25) is 5.91 Å². The van der Waals surface area contributed by atoms with Crippen molar-refractivity contribution in [2.45, 2.75) is 0 Å². The minimum absolute atomic E-state index is 0.0494.